The van der Waals surface area contributed by atoms with E-state index in [0.29, 0.717) is 13.0 Å². The molecule has 0 aromatic heterocycles. The first-order valence-corrected chi connectivity index (χ1v) is 6.45. The summed E-state index contributed by atoms with van der Waals surface area (Å²) < 4.78 is 11.0. The Labute approximate surface area is 108 Å². The van der Waals surface area contributed by atoms with Crippen molar-refractivity contribution >= 4 is 5.97 Å². The molecule has 1 aliphatic heterocycles. The normalized spacial score (nSPS) is 20.7. The highest BCUT2D eigenvalue weighted by molar-refractivity contribution is 5.70. The Hall–Kier alpha value is -1.51. The molecule has 1 heterocycles. The summed E-state index contributed by atoms with van der Waals surface area (Å²) in [5.74, 6) is 0.951. The lowest BCUT2D eigenvalue weighted by Gasteiger charge is -2.39. The van der Waals surface area contributed by atoms with Crippen molar-refractivity contribution in [3.05, 3.63) is 29.8 Å². The molecular formula is C15H20O3. The van der Waals surface area contributed by atoms with Gasteiger partial charge in [-0.25, -0.2) is 0 Å². The van der Waals surface area contributed by atoms with E-state index in [2.05, 4.69) is 6.07 Å². The molecule has 0 amide bonds. The molecule has 0 fully saturated rings. The Kier molecular flexibility index (Phi) is 3.60. The van der Waals surface area contributed by atoms with Gasteiger partial charge in [-0.15, -0.1) is 0 Å². The molecule has 0 N–H and O–H groups in total. The van der Waals surface area contributed by atoms with Crippen LogP contribution in [-0.2, 0) is 16.0 Å². The molecule has 1 aromatic rings. The summed E-state index contributed by atoms with van der Waals surface area (Å²) in [6.07, 6.45) is 1.27. The van der Waals surface area contributed by atoms with Crippen LogP contribution in [0.25, 0.3) is 0 Å². The monoisotopic (exact) mass is 248 g/mol. The smallest absolute Gasteiger partial charge is 0.306 e. The largest absolute Gasteiger partial charge is 0.487 e. The van der Waals surface area contributed by atoms with Crippen LogP contribution in [0, 0.1) is 5.92 Å². The van der Waals surface area contributed by atoms with Gasteiger partial charge in [-0.2, -0.15) is 0 Å². The number of carbonyl (C=O) groups is 1. The van der Waals surface area contributed by atoms with Crippen LogP contribution >= 0.6 is 0 Å². The molecule has 2 rings (SSSR count). The van der Waals surface area contributed by atoms with Crippen LogP contribution in [0.5, 0.6) is 5.75 Å². The number of hydrogen-bond donors (Lipinski definition) is 0. The molecule has 1 unspecified atom stereocenters. The van der Waals surface area contributed by atoms with Gasteiger partial charge in [-0.3, -0.25) is 4.79 Å². The fourth-order valence-corrected chi connectivity index (χ4v) is 2.39. The van der Waals surface area contributed by atoms with Gasteiger partial charge < -0.3 is 9.47 Å². The second-order valence-corrected chi connectivity index (χ2v) is 5.22. The molecule has 3 nitrogen and oxygen atoms in total. The Morgan fingerprint density at radius 3 is 2.89 bits per heavy atom. The molecule has 0 aliphatic carbocycles. The average Bonchev–Trinajstić information content (AvgIpc) is 2.29. The van der Waals surface area contributed by atoms with Gasteiger partial charge in [-0.1, -0.05) is 18.2 Å². The van der Waals surface area contributed by atoms with Gasteiger partial charge in [-0.05, 0) is 38.8 Å². The first-order chi connectivity index (χ1) is 8.53. The van der Waals surface area contributed by atoms with Crippen molar-refractivity contribution in [2.45, 2.75) is 39.2 Å². The standard InChI is InChI=1S/C15H20O3/c1-4-17-14(16)10-12-9-11-7-5-6-8-13(11)18-15(12,2)3/h5-8,12H,4,9-10H2,1-3H3. The number of fused-ring (bicyclic) bond motifs is 1. The van der Waals surface area contributed by atoms with E-state index >= 15 is 0 Å². The van der Waals surface area contributed by atoms with Crippen molar-refractivity contribution in [1.82, 2.24) is 0 Å². The molecule has 0 saturated heterocycles. The third kappa shape index (κ3) is 2.66. The maximum absolute atomic E-state index is 11.6. The minimum Gasteiger partial charge on any atom is -0.487 e. The maximum Gasteiger partial charge on any atom is 0.306 e. The molecule has 98 valence electrons. The second kappa shape index (κ2) is 5.01. The molecule has 0 spiro atoms. The Morgan fingerprint density at radius 2 is 2.17 bits per heavy atom. The first kappa shape index (κ1) is 12.9. The first-order valence-electron chi connectivity index (χ1n) is 6.45. The van der Waals surface area contributed by atoms with Crippen molar-refractivity contribution in [2.24, 2.45) is 5.92 Å². The van der Waals surface area contributed by atoms with E-state index in [0.717, 1.165) is 12.2 Å². The SMILES string of the molecule is CCOC(=O)CC1Cc2ccccc2OC1(C)C. The topological polar surface area (TPSA) is 35.5 Å². The van der Waals surface area contributed by atoms with Gasteiger partial charge in [0.1, 0.15) is 11.4 Å². The highest BCUT2D eigenvalue weighted by Gasteiger charge is 2.38. The highest BCUT2D eigenvalue weighted by Crippen LogP contribution is 2.38. The van der Waals surface area contributed by atoms with E-state index in [-0.39, 0.29) is 17.5 Å². The molecule has 0 radical (unpaired) electrons. The van der Waals surface area contributed by atoms with Gasteiger partial charge in [0.15, 0.2) is 0 Å². The number of benzene rings is 1. The molecule has 3 heteroatoms. The summed E-state index contributed by atoms with van der Waals surface area (Å²) in [5, 5.41) is 0. The van der Waals surface area contributed by atoms with Crippen molar-refractivity contribution in [2.75, 3.05) is 6.61 Å². The third-order valence-corrected chi connectivity index (χ3v) is 3.51. The Bertz CT molecular complexity index is 437. The summed E-state index contributed by atoms with van der Waals surface area (Å²) in [4.78, 5) is 11.6. The van der Waals surface area contributed by atoms with Crippen molar-refractivity contribution in [3.63, 3.8) is 0 Å². The number of hydrogen-bond acceptors (Lipinski definition) is 3. The molecule has 1 aliphatic rings. The molecule has 0 bridgehead atoms. The second-order valence-electron chi connectivity index (χ2n) is 5.22. The van der Waals surface area contributed by atoms with E-state index < -0.39 is 0 Å². The van der Waals surface area contributed by atoms with Gasteiger partial charge in [0, 0.05) is 5.92 Å². The van der Waals surface area contributed by atoms with E-state index in [9.17, 15) is 4.79 Å². The predicted molar refractivity (Wildman–Crippen MR) is 69.6 cm³/mol. The van der Waals surface area contributed by atoms with Crippen molar-refractivity contribution < 1.29 is 14.3 Å². The predicted octanol–water partition coefficient (Wildman–Crippen LogP) is 2.97. The van der Waals surface area contributed by atoms with Crippen LogP contribution in [0.2, 0.25) is 0 Å². The zero-order valence-electron chi connectivity index (χ0n) is 11.2. The fourth-order valence-electron chi connectivity index (χ4n) is 2.39. The third-order valence-electron chi connectivity index (χ3n) is 3.51. The van der Waals surface area contributed by atoms with E-state index in [1.54, 1.807) is 0 Å². The van der Waals surface area contributed by atoms with Crippen LogP contribution in [0.4, 0.5) is 0 Å². The van der Waals surface area contributed by atoms with Crippen LogP contribution in [0.3, 0.4) is 0 Å². The Balaban J connectivity index is 2.15. The molecule has 1 atom stereocenters. The minimum atomic E-state index is -0.332. The summed E-state index contributed by atoms with van der Waals surface area (Å²) >= 11 is 0. The maximum atomic E-state index is 11.6. The van der Waals surface area contributed by atoms with Crippen LogP contribution in [-0.4, -0.2) is 18.2 Å². The number of ether oxygens (including phenoxy) is 2. The number of rotatable bonds is 3. The average molecular weight is 248 g/mol. The van der Waals surface area contributed by atoms with Crippen molar-refractivity contribution in [1.29, 1.82) is 0 Å². The Morgan fingerprint density at radius 1 is 1.44 bits per heavy atom. The molecule has 1 aromatic carbocycles. The number of carbonyl (C=O) groups excluding carboxylic acids is 1. The highest BCUT2D eigenvalue weighted by atomic mass is 16.5. The van der Waals surface area contributed by atoms with Gasteiger partial charge in [0.25, 0.3) is 0 Å². The summed E-state index contributed by atoms with van der Waals surface area (Å²) in [6, 6.07) is 8.02. The van der Waals surface area contributed by atoms with Crippen LogP contribution in [0.15, 0.2) is 24.3 Å². The van der Waals surface area contributed by atoms with E-state index in [1.807, 2.05) is 39.0 Å². The lowest BCUT2D eigenvalue weighted by Crippen LogP contribution is -2.43. The summed E-state index contributed by atoms with van der Waals surface area (Å²) in [6.45, 7) is 6.33. The molecule has 18 heavy (non-hydrogen) atoms. The summed E-state index contributed by atoms with van der Waals surface area (Å²) in [7, 11) is 0. The van der Waals surface area contributed by atoms with Gasteiger partial charge in [0.2, 0.25) is 0 Å². The van der Waals surface area contributed by atoms with Crippen molar-refractivity contribution in [3.8, 4) is 5.75 Å². The lowest BCUT2D eigenvalue weighted by atomic mass is 9.80. The fraction of sp³-hybridized carbons (Fsp3) is 0.533. The zero-order valence-corrected chi connectivity index (χ0v) is 11.2. The molecule has 0 saturated carbocycles. The van der Waals surface area contributed by atoms with Crippen LogP contribution in [0.1, 0.15) is 32.8 Å². The number of para-hydroxylation sites is 1. The van der Waals surface area contributed by atoms with Crippen LogP contribution < -0.4 is 4.74 Å². The zero-order chi connectivity index (χ0) is 13.2. The van der Waals surface area contributed by atoms with E-state index in [1.165, 1.54) is 5.56 Å². The summed E-state index contributed by atoms with van der Waals surface area (Å²) in [5.41, 5.74) is 0.840. The molecular weight excluding hydrogens is 228 g/mol. The van der Waals surface area contributed by atoms with Gasteiger partial charge in [0.05, 0.1) is 13.0 Å². The quantitative estimate of drug-likeness (QED) is 0.771. The van der Waals surface area contributed by atoms with Gasteiger partial charge >= 0.3 is 5.97 Å². The van der Waals surface area contributed by atoms with E-state index in [4.69, 9.17) is 9.47 Å². The lowest BCUT2D eigenvalue weighted by molar-refractivity contribution is -0.146. The minimum absolute atomic E-state index is 0.140. The number of esters is 1.